The number of ether oxygens (including phenoxy) is 2. The maximum atomic E-state index is 12.8. The van der Waals surface area contributed by atoms with Crippen molar-refractivity contribution >= 4 is 5.78 Å². The highest BCUT2D eigenvalue weighted by atomic mass is 16.5. The maximum absolute atomic E-state index is 12.8. The lowest BCUT2D eigenvalue weighted by atomic mass is 9.70. The van der Waals surface area contributed by atoms with Crippen LogP contribution in [0.15, 0.2) is 54.6 Å². The first kappa shape index (κ1) is 28.3. The summed E-state index contributed by atoms with van der Waals surface area (Å²) in [5.41, 5.74) is 9.09. The molecule has 6 N–H and O–H groups in total. The monoisotopic (exact) mass is 535 g/mol. The van der Waals surface area contributed by atoms with Crippen LogP contribution in [0.3, 0.4) is 0 Å². The van der Waals surface area contributed by atoms with Gasteiger partial charge in [0.15, 0.2) is 23.0 Å². The molecule has 0 heterocycles. The van der Waals surface area contributed by atoms with Crippen molar-refractivity contribution in [3.8, 4) is 28.7 Å². The van der Waals surface area contributed by atoms with Crippen LogP contribution in [0.1, 0.15) is 53.9 Å². The first-order valence-electron chi connectivity index (χ1n) is 13.3. The maximum Gasteiger partial charge on any atom is 0.200 e. The smallest absolute Gasteiger partial charge is 0.200 e. The van der Waals surface area contributed by atoms with E-state index in [1.54, 1.807) is 18.2 Å². The Labute approximate surface area is 228 Å². The zero-order valence-electron chi connectivity index (χ0n) is 22.2. The van der Waals surface area contributed by atoms with Crippen LogP contribution in [0, 0.1) is 5.92 Å². The van der Waals surface area contributed by atoms with Gasteiger partial charge < -0.3 is 29.9 Å². The minimum absolute atomic E-state index is 0.00926. The van der Waals surface area contributed by atoms with E-state index in [9.17, 15) is 25.2 Å². The van der Waals surface area contributed by atoms with Crippen LogP contribution in [0.2, 0.25) is 0 Å². The van der Waals surface area contributed by atoms with Crippen molar-refractivity contribution in [2.75, 3.05) is 13.8 Å². The van der Waals surface area contributed by atoms with Crippen LogP contribution in [0.25, 0.3) is 0 Å². The lowest BCUT2D eigenvalue weighted by Crippen LogP contribution is -2.27. The van der Waals surface area contributed by atoms with Gasteiger partial charge in [-0.1, -0.05) is 36.4 Å². The van der Waals surface area contributed by atoms with E-state index >= 15 is 0 Å². The molecule has 4 rings (SSSR count). The van der Waals surface area contributed by atoms with Gasteiger partial charge in [-0.25, -0.2) is 0 Å². The van der Waals surface area contributed by atoms with Gasteiger partial charge in [0.05, 0.1) is 13.2 Å². The van der Waals surface area contributed by atoms with Crippen LogP contribution in [-0.2, 0) is 24.1 Å². The highest BCUT2D eigenvalue weighted by Gasteiger charge is 2.35. The Morgan fingerprint density at radius 2 is 1.82 bits per heavy atom. The molecule has 0 saturated carbocycles. The number of hydrogen-bond acceptors (Lipinski definition) is 8. The molecule has 8 nitrogen and oxygen atoms in total. The Kier molecular flexibility index (Phi) is 9.32. The quantitative estimate of drug-likeness (QED) is 0.170. The molecule has 0 amide bonds. The highest BCUT2D eigenvalue weighted by Crippen LogP contribution is 2.50. The van der Waals surface area contributed by atoms with Gasteiger partial charge in [0.2, 0.25) is 5.75 Å². The van der Waals surface area contributed by atoms with Crippen molar-refractivity contribution < 1.29 is 34.7 Å². The summed E-state index contributed by atoms with van der Waals surface area (Å²) < 4.78 is 10.6. The predicted octanol–water partition coefficient (Wildman–Crippen LogP) is 4.34. The van der Waals surface area contributed by atoms with Crippen molar-refractivity contribution in [2.24, 2.45) is 11.7 Å². The summed E-state index contributed by atoms with van der Waals surface area (Å²) in [4.78, 5) is 12.8. The summed E-state index contributed by atoms with van der Waals surface area (Å²) in [6.45, 7) is -0.0685. The molecular formula is C31H37NO7. The number of Topliss-reactive ketones (excluding diaryl/α,β-unsaturated/α-hetero) is 1. The molecule has 1 aliphatic rings. The van der Waals surface area contributed by atoms with E-state index in [2.05, 4.69) is 12.1 Å². The summed E-state index contributed by atoms with van der Waals surface area (Å²) in [5, 5.41) is 41.7. The summed E-state index contributed by atoms with van der Waals surface area (Å²) in [5.74, 6) is -0.0342. The summed E-state index contributed by atoms with van der Waals surface area (Å²) in [7, 11) is 1.46. The lowest BCUT2D eigenvalue weighted by Gasteiger charge is -2.36. The standard InChI is InChI=1S/C31H37NO7/c1-38-31-24-11-9-21(13-19-5-3-2-4-6-19)25(26(24)17-28(36)30(31)37)16-23(34)15-22(33)10-7-20-8-12-27(35)29(14-20)39-18-32/h2-6,8,12,14,17,21,23,25,34-37H,7,9-11,13,15-16,18,32H2,1H3. The molecule has 1 aliphatic carbocycles. The first-order chi connectivity index (χ1) is 18.8. The fraction of sp³-hybridized carbons (Fsp3) is 0.387. The van der Waals surface area contributed by atoms with Gasteiger partial charge in [0.1, 0.15) is 12.5 Å². The number of carbonyl (C=O) groups excluding carboxylic acids is 1. The van der Waals surface area contributed by atoms with E-state index in [0.717, 1.165) is 29.5 Å². The SMILES string of the molecule is COc1c(O)c(O)cc2c1CCC(Cc1ccccc1)C2CC(O)CC(=O)CCc1ccc(O)c(OCN)c1. The number of aliphatic hydroxyl groups excluding tert-OH is 1. The number of phenols is 3. The fourth-order valence-electron chi connectivity index (χ4n) is 5.71. The van der Waals surface area contributed by atoms with E-state index in [1.807, 2.05) is 18.2 Å². The number of benzene rings is 3. The number of ketones is 1. The molecule has 3 aromatic carbocycles. The van der Waals surface area contributed by atoms with Crippen molar-refractivity contribution in [3.05, 3.63) is 76.9 Å². The number of carbonyl (C=O) groups is 1. The molecule has 0 bridgehead atoms. The third-order valence-electron chi connectivity index (χ3n) is 7.60. The second-order valence-corrected chi connectivity index (χ2v) is 10.2. The number of rotatable bonds is 12. The molecule has 8 heteroatoms. The zero-order chi connectivity index (χ0) is 27.9. The van der Waals surface area contributed by atoms with E-state index in [4.69, 9.17) is 15.2 Å². The van der Waals surface area contributed by atoms with Crippen LogP contribution in [0.4, 0.5) is 0 Å². The summed E-state index contributed by atoms with van der Waals surface area (Å²) in [6, 6.07) is 16.6. The molecule has 0 fully saturated rings. The Bertz CT molecular complexity index is 1280. The molecule has 39 heavy (non-hydrogen) atoms. The molecule has 208 valence electrons. The average Bonchev–Trinajstić information content (AvgIpc) is 2.92. The molecule has 0 aromatic heterocycles. The number of aromatic hydroxyl groups is 3. The van der Waals surface area contributed by atoms with Gasteiger partial charge in [-0.15, -0.1) is 0 Å². The van der Waals surface area contributed by atoms with Crippen molar-refractivity contribution in [1.29, 1.82) is 0 Å². The molecule has 0 radical (unpaired) electrons. The van der Waals surface area contributed by atoms with Crippen molar-refractivity contribution in [2.45, 2.75) is 57.0 Å². The highest BCUT2D eigenvalue weighted by molar-refractivity contribution is 5.79. The summed E-state index contributed by atoms with van der Waals surface area (Å²) >= 11 is 0. The second-order valence-electron chi connectivity index (χ2n) is 10.2. The molecule has 0 saturated heterocycles. The second kappa shape index (κ2) is 12.9. The van der Waals surface area contributed by atoms with E-state index in [1.165, 1.54) is 18.7 Å². The Hall–Kier alpha value is -3.75. The van der Waals surface area contributed by atoms with Crippen LogP contribution < -0.4 is 15.2 Å². The van der Waals surface area contributed by atoms with E-state index in [-0.39, 0.29) is 65.9 Å². The van der Waals surface area contributed by atoms with Crippen LogP contribution in [-0.4, -0.2) is 46.2 Å². The van der Waals surface area contributed by atoms with Gasteiger partial charge in [-0.05, 0) is 78.8 Å². The predicted molar refractivity (Wildman–Crippen MR) is 147 cm³/mol. The van der Waals surface area contributed by atoms with E-state index < -0.39 is 6.10 Å². The van der Waals surface area contributed by atoms with Crippen LogP contribution in [0.5, 0.6) is 28.7 Å². The third-order valence-corrected chi connectivity index (χ3v) is 7.60. The Balaban J connectivity index is 1.48. The number of aryl methyl sites for hydroxylation is 1. The van der Waals surface area contributed by atoms with E-state index in [0.29, 0.717) is 19.3 Å². The normalized spacial score (nSPS) is 17.3. The van der Waals surface area contributed by atoms with Gasteiger partial charge in [0.25, 0.3) is 0 Å². The number of aliphatic hydroxyl groups is 1. The molecule has 3 aromatic rings. The zero-order valence-corrected chi connectivity index (χ0v) is 22.2. The molecule has 3 atom stereocenters. The number of fused-ring (bicyclic) bond motifs is 1. The Morgan fingerprint density at radius 1 is 1.05 bits per heavy atom. The largest absolute Gasteiger partial charge is 0.504 e. The number of phenolic OH excluding ortho intramolecular Hbond substituents is 3. The number of nitrogens with two attached hydrogens (primary N) is 1. The Morgan fingerprint density at radius 3 is 2.54 bits per heavy atom. The molecule has 3 unspecified atom stereocenters. The van der Waals surface area contributed by atoms with Crippen molar-refractivity contribution in [1.82, 2.24) is 0 Å². The van der Waals surface area contributed by atoms with Gasteiger partial charge in [0, 0.05) is 18.4 Å². The molecular weight excluding hydrogens is 498 g/mol. The van der Waals surface area contributed by atoms with Gasteiger partial charge >= 0.3 is 0 Å². The topological polar surface area (TPSA) is 142 Å². The van der Waals surface area contributed by atoms with Crippen LogP contribution >= 0.6 is 0 Å². The van der Waals surface area contributed by atoms with Gasteiger partial charge in [-0.3, -0.25) is 10.5 Å². The fourth-order valence-corrected chi connectivity index (χ4v) is 5.71. The third kappa shape index (κ3) is 6.82. The summed E-state index contributed by atoms with van der Waals surface area (Å²) in [6.07, 6.45) is 2.46. The average molecular weight is 536 g/mol. The van der Waals surface area contributed by atoms with Crippen molar-refractivity contribution in [3.63, 3.8) is 0 Å². The van der Waals surface area contributed by atoms with Gasteiger partial charge in [-0.2, -0.15) is 0 Å². The minimum atomic E-state index is -0.871. The number of hydrogen-bond donors (Lipinski definition) is 5. The minimum Gasteiger partial charge on any atom is -0.504 e. The number of methoxy groups -OCH3 is 1. The molecule has 0 aliphatic heterocycles. The lowest BCUT2D eigenvalue weighted by molar-refractivity contribution is -0.121. The molecule has 0 spiro atoms. The first-order valence-corrected chi connectivity index (χ1v) is 13.3.